The van der Waals surface area contributed by atoms with Crippen molar-refractivity contribution in [2.45, 2.75) is 235 Å². The van der Waals surface area contributed by atoms with Crippen LogP contribution in [0.3, 0.4) is 0 Å². The van der Waals surface area contributed by atoms with Gasteiger partial charge in [0.15, 0.2) is 18.9 Å². The van der Waals surface area contributed by atoms with Crippen LogP contribution in [0.5, 0.6) is 0 Å². The van der Waals surface area contributed by atoms with Crippen LogP contribution in [0.1, 0.15) is 113 Å². The summed E-state index contributed by atoms with van der Waals surface area (Å²) in [6.07, 6.45) is -21.9. The van der Waals surface area contributed by atoms with Gasteiger partial charge >= 0.3 is 0 Å². The molecule has 0 unspecified atom stereocenters. The van der Waals surface area contributed by atoms with Gasteiger partial charge in [-0.15, -0.1) is 0 Å². The summed E-state index contributed by atoms with van der Waals surface area (Å²) in [7, 11) is 0. The fourth-order valence-corrected chi connectivity index (χ4v) is 15.3. The molecule has 0 radical (unpaired) electrons. The molecule has 0 bridgehead atoms. The van der Waals surface area contributed by atoms with Gasteiger partial charge in [0, 0.05) is 0 Å². The van der Waals surface area contributed by atoms with Crippen LogP contribution in [0.2, 0.25) is 0 Å². The molecule has 21 nitrogen and oxygen atoms in total. The summed E-state index contributed by atoms with van der Waals surface area (Å²) in [5.74, 6) is -1.24. The monoisotopic (exact) mass is 997 g/mol. The molecule has 26 atom stereocenters. The number of aliphatic hydroxyl groups is 13. The normalized spacial score (nSPS) is 52.1. The summed E-state index contributed by atoms with van der Waals surface area (Å²) in [5.41, 5.74) is -4.51. The maximum Gasteiger partial charge on any atom is 0.187 e. The van der Waals surface area contributed by atoms with E-state index in [0.29, 0.717) is 57.8 Å². The Morgan fingerprint density at radius 3 is 1.68 bits per heavy atom. The molecule has 21 heteroatoms. The van der Waals surface area contributed by atoms with Gasteiger partial charge in [-0.25, -0.2) is 4.89 Å². The van der Waals surface area contributed by atoms with Gasteiger partial charge in [0.2, 0.25) is 0 Å². The first kappa shape index (κ1) is 55.9. The molecule has 4 aliphatic carbocycles. The largest absolute Gasteiger partial charge is 0.394 e. The third-order valence-electron chi connectivity index (χ3n) is 19.2. The molecule has 3 saturated heterocycles. The highest BCUT2D eigenvalue weighted by molar-refractivity contribution is 5.22. The van der Waals surface area contributed by atoms with Gasteiger partial charge in [0.25, 0.3) is 0 Å². The van der Waals surface area contributed by atoms with Crippen molar-refractivity contribution < 1.29 is 105 Å². The van der Waals surface area contributed by atoms with Crippen molar-refractivity contribution in [2.75, 3.05) is 19.8 Å². The first-order valence-electron chi connectivity index (χ1n) is 25.0. The second-order valence-electron chi connectivity index (χ2n) is 23.9. The molecule has 3 aliphatic heterocycles. The topological polar surface area (TPSA) is 348 Å². The van der Waals surface area contributed by atoms with E-state index in [1.54, 1.807) is 13.8 Å². The molecule has 7 aliphatic rings. The van der Waals surface area contributed by atoms with Crippen LogP contribution < -0.4 is 0 Å². The molecule has 69 heavy (non-hydrogen) atoms. The lowest BCUT2D eigenvalue weighted by molar-refractivity contribution is -0.380. The van der Waals surface area contributed by atoms with E-state index < -0.39 is 169 Å². The van der Waals surface area contributed by atoms with E-state index in [-0.39, 0.29) is 17.8 Å². The Morgan fingerprint density at radius 1 is 0.580 bits per heavy atom. The van der Waals surface area contributed by atoms with Gasteiger partial charge in [-0.1, -0.05) is 34.6 Å². The lowest BCUT2D eigenvalue weighted by Gasteiger charge is -2.71. The van der Waals surface area contributed by atoms with Gasteiger partial charge in [0.1, 0.15) is 73.2 Å². The second kappa shape index (κ2) is 20.4. The highest BCUT2D eigenvalue weighted by atomic mass is 17.1. The van der Waals surface area contributed by atoms with Crippen LogP contribution >= 0.6 is 0 Å². The molecule has 0 aromatic carbocycles. The zero-order valence-corrected chi connectivity index (χ0v) is 41.3. The van der Waals surface area contributed by atoms with Crippen molar-refractivity contribution >= 4 is 0 Å². The summed E-state index contributed by atoms with van der Waals surface area (Å²) in [6, 6.07) is 0. The zero-order chi connectivity index (χ0) is 51.1. The van der Waals surface area contributed by atoms with E-state index in [0.717, 1.165) is 0 Å². The van der Waals surface area contributed by atoms with Crippen molar-refractivity contribution in [1.82, 2.24) is 0 Å². The minimum Gasteiger partial charge on any atom is -0.394 e. The third kappa shape index (κ3) is 9.51. The number of fused-ring (bicyclic) bond motifs is 5. The Hall–Kier alpha value is -0.840. The van der Waals surface area contributed by atoms with Crippen LogP contribution in [0, 0.1) is 45.3 Å². The SMILES string of the molecule is CC(C)(CCC[C@](C)(O[C@@H]1O[C@H](CO)[C@@H](O)[C@H](O)[C@H]1O)[C@H]1CC[C@]2(C)[C@@H]1[C@H](O)C[C@@H]1[C@@]3(C)CC[C@H](O[C@@H]4O[C@H](CO)[C@@H](O)[C@H](O)[C@H]4O[C@@H]4O[C@H](CO)[C@@H](O)[C@H](O)[C@H]4O)C(C)(C)[C@@H]3[C@@H](O)C[C@]12C)OO. The van der Waals surface area contributed by atoms with E-state index >= 15 is 0 Å². The van der Waals surface area contributed by atoms with Crippen molar-refractivity contribution in [3.8, 4) is 0 Å². The molecule has 0 amide bonds. The molecule has 14 N–H and O–H groups in total. The lowest BCUT2D eigenvalue weighted by Crippen LogP contribution is -2.70. The molecule has 7 fully saturated rings. The summed E-state index contributed by atoms with van der Waals surface area (Å²) in [5, 5.41) is 151. The van der Waals surface area contributed by atoms with Crippen LogP contribution in [-0.2, 0) is 33.3 Å². The second-order valence-corrected chi connectivity index (χ2v) is 23.9. The Labute approximate surface area is 404 Å². The predicted octanol–water partition coefficient (Wildman–Crippen LogP) is -1.36. The summed E-state index contributed by atoms with van der Waals surface area (Å²) < 4.78 is 37.0. The van der Waals surface area contributed by atoms with Crippen LogP contribution in [0.25, 0.3) is 0 Å². The summed E-state index contributed by atoms with van der Waals surface area (Å²) in [4.78, 5) is 4.74. The fraction of sp³-hybridized carbons (Fsp3) is 1.00. The number of rotatable bonds is 15. The highest BCUT2D eigenvalue weighted by Gasteiger charge is 2.74. The van der Waals surface area contributed by atoms with Crippen molar-refractivity contribution in [3.63, 3.8) is 0 Å². The molecular weight excluding hydrogens is 913 g/mol. The van der Waals surface area contributed by atoms with Crippen molar-refractivity contribution in [2.24, 2.45) is 45.3 Å². The van der Waals surface area contributed by atoms with Gasteiger partial charge in [-0.05, 0) is 124 Å². The van der Waals surface area contributed by atoms with Gasteiger partial charge in [-0.2, -0.15) is 0 Å². The van der Waals surface area contributed by atoms with Gasteiger partial charge in [0.05, 0.1) is 49.3 Å². The Bertz CT molecular complexity index is 1720. The first-order chi connectivity index (χ1) is 32.1. The number of hydrogen-bond donors (Lipinski definition) is 14. The first-order valence-corrected chi connectivity index (χ1v) is 25.0. The molecule has 0 spiro atoms. The molecule has 0 aromatic rings. The smallest absolute Gasteiger partial charge is 0.187 e. The van der Waals surface area contributed by atoms with Crippen molar-refractivity contribution in [1.29, 1.82) is 0 Å². The standard InChI is InChI=1S/C48H84O21/c1-43(2,69-62)12-9-13-48(8,68-41-37(61)34(58)31(55)25(19-50)64-41)21-10-15-46(6)29(21)22(52)16-27-45(5)14-11-28(44(3,4)39(45)23(53)17-47(27,46)7)66-42-38(35(59)32(56)26(20-51)65-42)67-40-36(60)33(57)30(54)24(18-49)63-40/h21-42,49-62H,9-20H2,1-8H3/t21-,22+,23-,24+,25+,26+,27+,28-,29-,30+,31+,32+,33-,34-,35-,36+,37+,38+,39-,40-,41-,42-,45+,46+,47+,48-/m0/s1. The van der Waals surface area contributed by atoms with E-state index in [1.165, 1.54) is 0 Å². The minimum absolute atomic E-state index is 0.113. The number of hydrogen-bond acceptors (Lipinski definition) is 21. The Morgan fingerprint density at radius 2 is 1.12 bits per heavy atom. The molecule has 3 heterocycles. The van der Waals surface area contributed by atoms with E-state index in [2.05, 4.69) is 20.8 Å². The number of ether oxygens (including phenoxy) is 6. The molecule has 0 aromatic heterocycles. The van der Waals surface area contributed by atoms with Gasteiger partial charge in [-0.3, -0.25) is 5.26 Å². The van der Waals surface area contributed by atoms with Crippen LogP contribution in [0.15, 0.2) is 0 Å². The lowest BCUT2D eigenvalue weighted by atomic mass is 9.34. The predicted molar refractivity (Wildman–Crippen MR) is 238 cm³/mol. The minimum atomic E-state index is -1.84. The maximum absolute atomic E-state index is 12.7. The van der Waals surface area contributed by atoms with Crippen LogP contribution in [-0.4, -0.2) is 213 Å². The summed E-state index contributed by atoms with van der Waals surface area (Å²) >= 11 is 0. The fourth-order valence-electron chi connectivity index (χ4n) is 15.3. The van der Waals surface area contributed by atoms with E-state index in [4.69, 9.17) is 33.3 Å². The Kier molecular flexibility index (Phi) is 16.5. The summed E-state index contributed by atoms with van der Waals surface area (Å²) in [6.45, 7) is 13.9. The average Bonchev–Trinajstić information content (AvgIpc) is 3.68. The van der Waals surface area contributed by atoms with Crippen molar-refractivity contribution in [3.05, 3.63) is 0 Å². The van der Waals surface area contributed by atoms with E-state index in [9.17, 15) is 71.6 Å². The molecule has 4 saturated carbocycles. The van der Waals surface area contributed by atoms with E-state index in [1.807, 2.05) is 20.8 Å². The molecule has 7 rings (SSSR count). The molecule has 402 valence electrons. The van der Waals surface area contributed by atoms with Crippen LogP contribution in [0.4, 0.5) is 0 Å². The maximum atomic E-state index is 12.7. The highest BCUT2D eigenvalue weighted by Crippen LogP contribution is 2.76. The Balaban J connectivity index is 1.15. The number of aliphatic hydroxyl groups excluding tert-OH is 13. The average molecular weight is 997 g/mol. The van der Waals surface area contributed by atoms with Gasteiger partial charge < -0.3 is 94.8 Å². The zero-order valence-electron chi connectivity index (χ0n) is 41.3. The molecular formula is C48H84O21. The third-order valence-corrected chi connectivity index (χ3v) is 19.2. The quantitative estimate of drug-likeness (QED) is 0.0512.